The fraction of sp³-hybridized carbons (Fsp3) is 0.423. The van der Waals surface area contributed by atoms with E-state index in [4.69, 9.17) is 4.42 Å². The molecular formula is C26H31N5O6. The molecule has 1 aromatic carbocycles. The van der Waals surface area contributed by atoms with Gasteiger partial charge in [0, 0.05) is 22.7 Å². The largest absolute Gasteiger partial charge is 0.469 e. The maximum atomic E-state index is 13.3. The summed E-state index contributed by atoms with van der Waals surface area (Å²) in [5, 5.41) is 10.5. The van der Waals surface area contributed by atoms with Crippen molar-refractivity contribution in [3.8, 4) is 11.4 Å². The lowest BCUT2D eigenvalue weighted by atomic mass is 9.97. The van der Waals surface area contributed by atoms with Gasteiger partial charge in [-0.25, -0.2) is 4.98 Å². The van der Waals surface area contributed by atoms with Crippen LogP contribution in [0.4, 0.5) is 0 Å². The fourth-order valence-electron chi connectivity index (χ4n) is 3.50. The summed E-state index contributed by atoms with van der Waals surface area (Å²) >= 11 is 0. The Hall–Kier alpha value is -4.15. The molecule has 0 spiro atoms. The van der Waals surface area contributed by atoms with Gasteiger partial charge in [-0.15, -0.1) is 10.2 Å². The van der Waals surface area contributed by atoms with Crippen LogP contribution in [-0.2, 0) is 32.7 Å². The molecule has 3 rings (SSSR count). The van der Waals surface area contributed by atoms with Crippen molar-refractivity contribution in [1.29, 1.82) is 0 Å². The van der Waals surface area contributed by atoms with Crippen LogP contribution in [0.5, 0.6) is 0 Å². The molecule has 1 unspecified atom stereocenters. The molecule has 11 nitrogen and oxygen atoms in total. The first-order valence-corrected chi connectivity index (χ1v) is 11.8. The average Bonchev–Trinajstić information content (AvgIpc) is 3.36. The molecule has 0 aliphatic carbocycles. The van der Waals surface area contributed by atoms with E-state index in [9.17, 15) is 19.2 Å². The summed E-state index contributed by atoms with van der Waals surface area (Å²) in [5.41, 5.74) is -0.321. The van der Waals surface area contributed by atoms with Gasteiger partial charge in [0.25, 0.3) is 11.4 Å². The second-order valence-corrected chi connectivity index (χ2v) is 9.93. The number of ketones is 1. The zero-order valence-electron chi connectivity index (χ0n) is 21.8. The van der Waals surface area contributed by atoms with Crippen molar-refractivity contribution >= 4 is 17.7 Å². The third kappa shape index (κ3) is 6.54. The van der Waals surface area contributed by atoms with E-state index in [0.29, 0.717) is 11.5 Å². The van der Waals surface area contributed by atoms with Crippen molar-refractivity contribution in [2.75, 3.05) is 7.11 Å². The molecule has 0 bridgehead atoms. The zero-order chi connectivity index (χ0) is 27.3. The quantitative estimate of drug-likeness (QED) is 0.339. The maximum Gasteiger partial charge on any atom is 0.310 e. The van der Waals surface area contributed by atoms with Gasteiger partial charge >= 0.3 is 5.97 Å². The van der Waals surface area contributed by atoms with Crippen molar-refractivity contribution in [3.05, 3.63) is 64.2 Å². The van der Waals surface area contributed by atoms with Crippen LogP contribution in [0.25, 0.3) is 11.4 Å². The molecule has 0 radical (unpaired) electrons. The molecule has 1 atom stereocenters. The number of ether oxygens (including phenoxy) is 1. The van der Waals surface area contributed by atoms with Gasteiger partial charge in [0.1, 0.15) is 12.4 Å². The maximum absolute atomic E-state index is 13.3. The van der Waals surface area contributed by atoms with Crippen LogP contribution in [0.1, 0.15) is 56.8 Å². The molecule has 0 fully saturated rings. The molecule has 1 amide bonds. The van der Waals surface area contributed by atoms with E-state index in [1.165, 1.54) is 17.9 Å². The van der Waals surface area contributed by atoms with E-state index in [1.54, 1.807) is 38.1 Å². The van der Waals surface area contributed by atoms with E-state index in [-0.39, 0.29) is 29.6 Å². The second kappa shape index (κ2) is 11.3. The van der Waals surface area contributed by atoms with Crippen LogP contribution in [0.2, 0.25) is 0 Å². The van der Waals surface area contributed by atoms with Crippen LogP contribution >= 0.6 is 0 Å². The number of rotatable bonds is 9. The van der Waals surface area contributed by atoms with Crippen LogP contribution < -0.4 is 10.9 Å². The predicted molar refractivity (Wildman–Crippen MR) is 134 cm³/mol. The lowest BCUT2D eigenvalue weighted by Crippen LogP contribution is -2.46. The third-order valence-corrected chi connectivity index (χ3v) is 5.56. The van der Waals surface area contributed by atoms with Crippen molar-refractivity contribution in [2.45, 2.75) is 59.0 Å². The highest BCUT2D eigenvalue weighted by Gasteiger charge is 2.31. The number of hydrogen-bond donors (Lipinski definition) is 1. The first kappa shape index (κ1) is 27.4. The molecule has 0 aliphatic rings. The van der Waals surface area contributed by atoms with E-state index in [2.05, 4.69) is 25.2 Å². The van der Waals surface area contributed by atoms with E-state index >= 15 is 0 Å². The summed E-state index contributed by atoms with van der Waals surface area (Å²) in [5.74, 6) is -1.70. The highest BCUT2D eigenvalue weighted by Crippen LogP contribution is 2.21. The summed E-state index contributed by atoms with van der Waals surface area (Å²) in [4.78, 5) is 55.7. The number of esters is 1. The van der Waals surface area contributed by atoms with Crippen molar-refractivity contribution in [3.63, 3.8) is 0 Å². The fourth-order valence-corrected chi connectivity index (χ4v) is 3.50. The summed E-state index contributed by atoms with van der Waals surface area (Å²) in [6, 6.07) is 7.89. The topological polar surface area (TPSA) is 146 Å². The summed E-state index contributed by atoms with van der Waals surface area (Å²) < 4.78 is 11.4. The minimum Gasteiger partial charge on any atom is -0.469 e. The summed E-state index contributed by atoms with van der Waals surface area (Å²) in [7, 11) is 1.22. The van der Waals surface area contributed by atoms with Crippen molar-refractivity contribution < 1.29 is 23.5 Å². The highest BCUT2D eigenvalue weighted by atomic mass is 16.5. The van der Waals surface area contributed by atoms with Gasteiger partial charge in [0.15, 0.2) is 0 Å². The van der Waals surface area contributed by atoms with Crippen molar-refractivity contribution in [1.82, 2.24) is 25.1 Å². The average molecular weight is 510 g/mol. The Labute approximate surface area is 214 Å². The number of nitrogens with zero attached hydrogens (tertiary/aromatic N) is 4. The zero-order valence-corrected chi connectivity index (χ0v) is 21.8. The Morgan fingerprint density at radius 3 is 2.35 bits per heavy atom. The Bertz CT molecular complexity index is 1340. The smallest absolute Gasteiger partial charge is 0.310 e. The number of amides is 1. The number of Topliss-reactive ketones (excluding diaryl/α,β-unsaturated/α-hetero) is 1. The SMILES string of the molecule is COC(=O)Cc1cnc(-c2ccccc2)n(CC(=O)NC(C(=O)c2nnc(C(C)(C)C)o2)C(C)C)c1=O. The Morgan fingerprint density at radius 2 is 1.78 bits per heavy atom. The van der Waals surface area contributed by atoms with E-state index < -0.39 is 41.2 Å². The highest BCUT2D eigenvalue weighted by molar-refractivity contribution is 5.98. The second-order valence-electron chi connectivity index (χ2n) is 9.93. The minimum absolute atomic E-state index is 0.0800. The van der Waals surface area contributed by atoms with Gasteiger partial charge in [-0.05, 0) is 5.92 Å². The van der Waals surface area contributed by atoms with Gasteiger partial charge in [-0.2, -0.15) is 0 Å². The minimum atomic E-state index is -0.970. The summed E-state index contributed by atoms with van der Waals surface area (Å²) in [6.07, 6.45) is 1.01. The number of aromatic nitrogens is 4. The monoisotopic (exact) mass is 509 g/mol. The molecule has 37 heavy (non-hydrogen) atoms. The molecule has 0 aliphatic heterocycles. The number of nitrogens with one attached hydrogen (secondary N) is 1. The van der Waals surface area contributed by atoms with Gasteiger partial charge in [0.05, 0.1) is 19.6 Å². The van der Waals surface area contributed by atoms with Gasteiger partial charge in [-0.3, -0.25) is 23.7 Å². The Morgan fingerprint density at radius 1 is 1.11 bits per heavy atom. The molecule has 2 heterocycles. The van der Waals surface area contributed by atoms with Crippen LogP contribution in [0.3, 0.4) is 0 Å². The molecule has 2 aromatic heterocycles. The number of benzene rings is 1. The summed E-state index contributed by atoms with van der Waals surface area (Å²) in [6.45, 7) is 8.73. The Kier molecular flexibility index (Phi) is 8.36. The van der Waals surface area contributed by atoms with Crippen molar-refractivity contribution in [2.24, 2.45) is 5.92 Å². The third-order valence-electron chi connectivity index (χ3n) is 5.56. The molecule has 3 aromatic rings. The molecular weight excluding hydrogens is 478 g/mol. The number of carbonyl (C=O) groups is 3. The first-order chi connectivity index (χ1) is 17.4. The van der Waals surface area contributed by atoms with Crippen LogP contribution in [0, 0.1) is 5.92 Å². The number of methoxy groups -OCH3 is 1. The molecule has 0 saturated carbocycles. The van der Waals surface area contributed by atoms with Gasteiger partial charge in [-0.1, -0.05) is 65.0 Å². The Balaban J connectivity index is 1.91. The number of hydrogen-bond acceptors (Lipinski definition) is 9. The molecule has 11 heteroatoms. The molecule has 0 saturated heterocycles. The van der Waals surface area contributed by atoms with Crippen LogP contribution in [0.15, 0.2) is 45.7 Å². The standard InChI is InChI=1S/C26H31N5O6/c1-15(2)20(21(34)23-29-30-25(37-23)26(3,4)5)28-18(32)14-31-22(16-10-8-7-9-11-16)27-13-17(24(31)35)12-19(33)36-6/h7-11,13,15,20H,12,14H2,1-6H3,(H,28,32). The van der Waals surface area contributed by atoms with E-state index in [0.717, 1.165) is 0 Å². The lowest BCUT2D eigenvalue weighted by molar-refractivity contribution is -0.139. The van der Waals surface area contributed by atoms with Gasteiger partial charge in [0.2, 0.25) is 17.6 Å². The first-order valence-electron chi connectivity index (χ1n) is 11.8. The molecule has 1 N–H and O–H groups in total. The number of carbonyl (C=O) groups excluding carboxylic acids is 3. The predicted octanol–water partition coefficient (Wildman–Crippen LogP) is 2.33. The lowest BCUT2D eigenvalue weighted by Gasteiger charge is -2.21. The van der Waals surface area contributed by atoms with Gasteiger partial charge < -0.3 is 14.5 Å². The van der Waals surface area contributed by atoms with Crippen LogP contribution in [-0.4, -0.2) is 50.6 Å². The van der Waals surface area contributed by atoms with E-state index in [1.807, 2.05) is 26.8 Å². The molecule has 196 valence electrons. The normalized spacial score (nSPS) is 12.3.